The van der Waals surface area contributed by atoms with Gasteiger partial charge in [-0.25, -0.2) is 4.79 Å². The molecule has 2 aliphatic rings. The number of primary amides is 1. The molecule has 548 valence electrons. The number of nitrogens with two attached hydrogens (primary N) is 1. The van der Waals surface area contributed by atoms with Crippen molar-refractivity contribution >= 4 is 81.4 Å². The minimum atomic E-state index is -4.58. The fraction of sp³-hybridized carbons (Fsp3) is 0.681. The maximum absolute atomic E-state index is 14.6. The fourth-order valence-corrected chi connectivity index (χ4v) is 13.8. The lowest BCUT2D eigenvalue weighted by Crippen LogP contribution is -2.59. The van der Waals surface area contributed by atoms with Crippen LogP contribution in [0.2, 0.25) is 0 Å². The highest BCUT2D eigenvalue weighted by molar-refractivity contribution is 6.14. The monoisotopic (exact) mass is 1400 g/mol. The molecule has 0 radical (unpaired) electrons. The molecule has 98 heavy (non-hydrogen) atoms. The zero-order valence-electron chi connectivity index (χ0n) is 60.1. The summed E-state index contributed by atoms with van der Waals surface area (Å²) in [6.45, 7) is 17.2. The molecule has 2 aromatic carbocycles. The van der Waals surface area contributed by atoms with Crippen LogP contribution < -0.4 is 47.3 Å². The zero-order chi connectivity index (χ0) is 73.3. The molecule has 0 aromatic heterocycles. The van der Waals surface area contributed by atoms with Crippen LogP contribution in [-0.4, -0.2) is 224 Å². The van der Waals surface area contributed by atoms with Crippen LogP contribution in [0, 0.1) is 35.5 Å². The summed E-state index contributed by atoms with van der Waals surface area (Å²) in [5, 5.41) is 19.6. The van der Waals surface area contributed by atoms with E-state index in [1.165, 1.54) is 19.1 Å². The summed E-state index contributed by atoms with van der Waals surface area (Å²) in [6, 6.07) is 7.33. The lowest BCUT2D eigenvalue weighted by Gasteiger charge is -2.41. The number of nitrogens with zero attached hydrogens (tertiary/aromatic N) is 4. The third-order valence-electron chi connectivity index (χ3n) is 19.0. The molecule has 2 saturated heterocycles. The minimum Gasteiger partial charge on any atom is -0.452 e. The van der Waals surface area contributed by atoms with Gasteiger partial charge in [-0.3, -0.25) is 53.0 Å². The Bertz CT molecular complexity index is 2930. The number of likely N-dealkylation sites (N-methyl/N-ethyl adjacent to an activating group) is 2. The van der Waals surface area contributed by atoms with E-state index in [1.807, 2.05) is 90.9 Å². The Morgan fingerprint density at radius 1 is 0.714 bits per heavy atom. The van der Waals surface area contributed by atoms with Crippen LogP contribution in [-0.2, 0) is 65.6 Å². The predicted molar refractivity (Wildman–Crippen MR) is 370 cm³/mol. The number of nitrogens with one attached hydrogen (secondary N) is 8. The van der Waals surface area contributed by atoms with Crippen LogP contribution in [0.3, 0.4) is 0 Å². The number of alkyl halides is 3. The number of hydrogen-bond acceptors (Lipinski definition) is 14. The molecule has 2 aromatic rings. The molecule has 0 saturated carbocycles. The van der Waals surface area contributed by atoms with Gasteiger partial charge in [0.15, 0.2) is 5.91 Å². The van der Waals surface area contributed by atoms with Crippen molar-refractivity contribution in [1.29, 1.82) is 0 Å². The number of piperidine rings is 1. The normalized spacial score (nSPS) is 19.0. The molecule has 29 heteroatoms. The van der Waals surface area contributed by atoms with E-state index >= 15 is 0 Å². The summed E-state index contributed by atoms with van der Waals surface area (Å²) in [5.41, 5.74) is 6.98. The summed E-state index contributed by atoms with van der Waals surface area (Å²) in [5.74, 6) is -6.52. The largest absolute Gasteiger partial charge is 0.452 e. The second-order valence-corrected chi connectivity index (χ2v) is 27.9. The van der Waals surface area contributed by atoms with Gasteiger partial charge in [0.1, 0.15) is 30.2 Å². The molecule has 2 aliphatic heterocycles. The third-order valence-corrected chi connectivity index (χ3v) is 19.5. The molecule has 10 N–H and O–H groups in total. The molecule has 25 nitrogen and oxygen atoms in total. The lowest BCUT2D eigenvalue weighted by molar-refractivity contribution is -0.196. The van der Waals surface area contributed by atoms with E-state index < -0.39 is 126 Å². The fourth-order valence-electron chi connectivity index (χ4n) is 13.4. The summed E-state index contributed by atoms with van der Waals surface area (Å²) in [7, 11) is 8.35. The van der Waals surface area contributed by atoms with Gasteiger partial charge in [0.05, 0.1) is 42.7 Å². The molecule has 13 atom stereocenters. The zero-order valence-corrected chi connectivity index (χ0v) is 62.1. The Morgan fingerprint density at radius 2 is 1.36 bits per heavy atom. The van der Waals surface area contributed by atoms with Crippen molar-refractivity contribution in [3.05, 3.63) is 65.7 Å². The second-order valence-electron chi connectivity index (χ2n) is 27.4. The molecule has 2 unspecified atom stereocenters. The van der Waals surface area contributed by atoms with Gasteiger partial charge in [-0.2, -0.15) is 13.2 Å². The average Bonchev–Trinajstić information content (AvgIpc) is 1.25. The van der Waals surface area contributed by atoms with Crippen molar-refractivity contribution in [2.45, 2.75) is 206 Å². The number of likely N-dealkylation sites (tertiary alicyclic amines) is 2. The van der Waals surface area contributed by atoms with Gasteiger partial charge in [0.25, 0.3) is 0 Å². The molecule has 11 amide bonds. The third kappa shape index (κ3) is 25.1. The molecular formula is C69H111AlF3N13O12. The molecule has 4 rings (SSSR count). The van der Waals surface area contributed by atoms with Gasteiger partial charge < -0.3 is 66.5 Å². The van der Waals surface area contributed by atoms with Crippen LogP contribution in [0.4, 0.5) is 23.7 Å². The van der Waals surface area contributed by atoms with Gasteiger partial charge >= 0.3 is 28.7 Å². The van der Waals surface area contributed by atoms with Crippen molar-refractivity contribution in [2.75, 3.05) is 66.9 Å². The number of rotatable bonds is 38. The highest BCUT2D eigenvalue weighted by Gasteiger charge is 2.48. The van der Waals surface area contributed by atoms with Gasteiger partial charge in [-0.15, -0.1) is 0 Å². The van der Waals surface area contributed by atoms with E-state index in [2.05, 4.69) is 41.5 Å². The lowest BCUT2D eigenvalue weighted by atomic mass is 9.89. The Balaban J connectivity index is 1.43. The maximum Gasteiger partial charge on any atom is 0.404 e. The Kier molecular flexibility index (Phi) is 34.4. The van der Waals surface area contributed by atoms with E-state index in [4.69, 9.17) is 15.2 Å². The van der Waals surface area contributed by atoms with Gasteiger partial charge in [0.2, 0.25) is 47.3 Å². The molecule has 0 aliphatic carbocycles. The average molecular weight is 1400 g/mol. The Labute approximate surface area is 585 Å². The van der Waals surface area contributed by atoms with Gasteiger partial charge in [-0.05, 0) is 119 Å². The number of ether oxygens (including phenoxy) is 2. The first-order valence-corrected chi connectivity index (χ1v) is 35.4. The van der Waals surface area contributed by atoms with Crippen molar-refractivity contribution in [2.24, 2.45) is 41.2 Å². The number of urea groups is 1. The van der Waals surface area contributed by atoms with E-state index in [-0.39, 0.29) is 113 Å². The Hall–Kier alpha value is -6.90. The SMILES string of the molecule is CC[C@H](C)[C@@H]([C@@H](CC(=O)N1CCC[C@H]1[C@H](OC)[C@@H](C)C(=O)N[C@@H](Cc1ccccc1)C(=O)NCc1ccc(NC(=O)[C@H](CCCNC(N)=O)NC(=O)[C@@H](NC(=O)CCCN2CCC(C(=O)[NH][AlH2])CC2C(F)(F)F)C(C)C)cc1)OC)N(C)C(=O)[C@@H](NC(=O)[C@H](C(C)C)N(C)C)C(C)C. The van der Waals surface area contributed by atoms with Crippen molar-refractivity contribution in [3.8, 4) is 0 Å². The molecule has 2 fully saturated rings. The van der Waals surface area contributed by atoms with Crippen molar-refractivity contribution in [1.82, 2.24) is 55.8 Å². The van der Waals surface area contributed by atoms with Crippen LogP contribution in [0.25, 0.3) is 0 Å². The van der Waals surface area contributed by atoms with Crippen LogP contribution in [0.15, 0.2) is 54.6 Å². The minimum absolute atomic E-state index is 0.0130. The number of anilines is 1. The number of amides is 11. The van der Waals surface area contributed by atoms with Crippen LogP contribution >= 0.6 is 0 Å². The molecular weight excluding hydrogens is 1290 g/mol. The topological polar surface area (TPSA) is 324 Å². The highest BCUT2D eigenvalue weighted by Crippen LogP contribution is 2.35. The van der Waals surface area contributed by atoms with E-state index in [9.17, 15) is 61.1 Å². The summed E-state index contributed by atoms with van der Waals surface area (Å²) >= 11 is 0.323. The predicted octanol–water partition coefficient (Wildman–Crippen LogP) is 3.78. The number of carbonyl (C=O) groups is 10. The number of carbonyl (C=O) groups excluding carboxylic acids is 10. The van der Waals surface area contributed by atoms with Gasteiger partial charge in [0, 0.05) is 65.3 Å². The first-order valence-electron chi connectivity index (χ1n) is 34.4. The van der Waals surface area contributed by atoms with Crippen LogP contribution in [0.5, 0.6) is 0 Å². The van der Waals surface area contributed by atoms with Crippen molar-refractivity contribution < 1.29 is 70.6 Å². The maximum atomic E-state index is 14.6. The standard InChI is InChI=1S/C69H110F3N13O12.Al.2H/c1-15-43(8)59(83(12)67(94)57(41(4)5)81-66(93)58(42(6)7)82(10)11)52(96-13)38-55(87)85-34-20-25-51(85)60(97-14)44(9)62(89)79-50(36-45-22-17-16-18-23-45)63(90)76-39-46-27-29-48(30-28-46)77-64(91)49(24-19-32-75-68(74)95)78-65(92)56(40(2)3)80-54(86)26-21-33-84-35-31-47(61(73)88)37-53(84)69(70,71)72;;;/h16-18,22-23,27-30,40-44,47,49-53,56-60H,15,19-21,24-26,31-39H2,1-14H3,(H11,73,74,75,76,77,78,79,80,81,86,88,89,90,91,92,93,95);;;/q;+1;;/p-1/t43-,44+,47?,49-,50-,51-,52+,53?,56-,57-,58-,59-,60+;;;/m0.../s1. The first-order chi connectivity index (χ1) is 46.2. The van der Waals surface area contributed by atoms with E-state index in [0.29, 0.717) is 53.6 Å². The second kappa shape index (κ2) is 40.4. The first kappa shape index (κ1) is 83.5. The highest BCUT2D eigenvalue weighted by atomic mass is 27.1. The van der Waals surface area contributed by atoms with E-state index in [1.54, 1.807) is 61.9 Å². The Morgan fingerprint density at radius 3 is 1.92 bits per heavy atom. The number of methoxy groups -OCH3 is 2. The van der Waals surface area contributed by atoms with Gasteiger partial charge in [-0.1, -0.05) is 111 Å². The molecule has 2 heterocycles. The summed E-state index contributed by atoms with van der Waals surface area (Å²) in [6.07, 6.45) is -4.24. The number of hydrogen-bond donors (Lipinski definition) is 9. The number of halogens is 3. The summed E-state index contributed by atoms with van der Waals surface area (Å²) in [4.78, 5) is 143. The van der Waals surface area contributed by atoms with Crippen LogP contribution in [0.1, 0.15) is 138 Å². The molecule has 0 bridgehead atoms. The van der Waals surface area contributed by atoms with Crippen molar-refractivity contribution in [3.63, 3.8) is 0 Å². The molecule has 0 spiro atoms. The quantitative estimate of drug-likeness (QED) is 0.0342. The number of benzene rings is 2. The smallest absolute Gasteiger partial charge is 0.404 e. The van der Waals surface area contributed by atoms with E-state index in [0.717, 1.165) is 5.56 Å². The summed E-state index contributed by atoms with van der Waals surface area (Å²) < 4.78 is 57.0.